The van der Waals surface area contributed by atoms with Gasteiger partial charge in [-0.2, -0.15) is 0 Å². The molecule has 8 nitrogen and oxygen atoms in total. The van der Waals surface area contributed by atoms with Crippen molar-refractivity contribution in [2.45, 2.75) is 24.3 Å². The number of aryl methyl sites for hydroxylation is 1. The number of nitrogens with zero attached hydrogens (tertiary/aromatic N) is 3. The maximum atomic E-state index is 13.6. The van der Waals surface area contributed by atoms with Crippen LogP contribution in [0.2, 0.25) is 0 Å². The number of carbonyl (C=O) groups is 2. The van der Waals surface area contributed by atoms with E-state index in [2.05, 4.69) is 16.4 Å². The first-order chi connectivity index (χ1) is 14.7. The SMILES string of the molecule is Cc1cncc(C2=C[C@@H]3C[C@H]2N(C(=O)CN2C(=O)Nc4ccc(F)cc4S2(=O)=O)C3)c1. The maximum Gasteiger partial charge on any atom is 0.336 e. The van der Waals surface area contributed by atoms with Crippen molar-refractivity contribution in [1.29, 1.82) is 0 Å². The summed E-state index contributed by atoms with van der Waals surface area (Å²) in [5.74, 6) is -1.05. The van der Waals surface area contributed by atoms with Crippen LogP contribution in [-0.4, -0.2) is 53.7 Å². The first-order valence-electron chi connectivity index (χ1n) is 9.80. The second-order valence-electron chi connectivity index (χ2n) is 8.01. The van der Waals surface area contributed by atoms with Gasteiger partial charge >= 0.3 is 6.03 Å². The molecule has 10 heteroatoms. The van der Waals surface area contributed by atoms with Crippen LogP contribution in [0.25, 0.3) is 5.57 Å². The number of urea groups is 1. The summed E-state index contributed by atoms with van der Waals surface area (Å²) in [7, 11) is -4.35. The number of pyridine rings is 1. The minimum Gasteiger partial charge on any atom is -0.333 e. The lowest BCUT2D eigenvalue weighted by molar-refractivity contribution is -0.131. The van der Waals surface area contributed by atoms with Crippen molar-refractivity contribution in [2.24, 2.45) is 5.92 Å². The van der Waals surface area contributed by atoms with Crippen LogP contribution in [0.1, 0.15) is 17.5 Å². The highest BCUT2D eigenvalue weighted by molar-refractivity contribution is 7.90. The summed E-state index contributed by atoms with van der Waals surface area (Å²) in [5.41, 5.74) is 2.91. The zero-order chi connectivity index (χ0) is 21.9. The number of nitrogens with one attached hydrogen (secondary N) is 1. The van der Waals surface area contributed by atoms with Crippen LogP contribution < -0.4 is 5.32 Å². The number of carbonyl (C=O) groups excluding carboxylic acids is 2. The molecule has 2 bridgehead atoms. The van der Waals surface area contributed by atoms with Crippen molar-refractivity contribution in [2.75, 3.05) is 18.4 Å². The molecule has 1 fully saturated rings. The van der Waals surface area contributed by atoms with Crippen LogP contribution in [0.15, 0.2) is 47.6 Å². The number of likely N-dealkylation sites (tertiary alicyclic amines) is 1. The molecule has 0 radical (unpaired) electrons. The van der Waals surface area contributed by atoms with Crippen LogP contribution >= 0.6 is 0 Å². The minimum atomic E-state index is -4.35. The number of rotatable bonds is 3. The van der Waals surface area contributed by atoms with E-state index in [1.165, 1.54) is 6.07 Å². The van der Waals surface area contributed by atoms with E-state index in [1.54, 1.807) is 17.3 Å². The van der Waals surface area contributed by atoms with Gasteiger partial charge in [0.05, 0.1) is 11.7 Å². The molecule has 2 aromatic rings. The standard InChI is InChI=1S/C21H19FN4O4S/c1-12-4-14(9-23-8-12)16-5-13-6-18(16)25(10-13)20(27)11-26-21(28)24-17-3-2-15(22)7-19(17)31(26,29)30/h2-5,7-9,13,18H,6,10-11H2,1H3,(H,24,28)/t13-,18-/m1/s1. The predicted molar refractivity (Wildman–Crippen MR) is 110 cm³/mol. The fourth-order valence-electron chi connectivity index (χ4n) is 4.51. The van der Waals surface area contributed by atoms with Gasteiger partial charge in [-0.25, -0.2) is 21.9 Å². The van der Waals surface area contributed by atoms with Crippen molar-refractivity contribution < 1.29 is 22.4 Å². The molecule has 2 aliphatic heterocycles. The number of hydrogen-bond donors (Lipinski definition) is 1. The summed E-state index contributed by atoms with van der Waals surface area (Å²) in [6.45, 7) is 1.76. The summed E-state index contributed by atoms with van der Waals surface area (Å²) < 4.78 is 39.9. The van der Waals surface area contributed by atoms with Crippen LogP contribution in [0.5, 0.6) is 0 Å². The molecule has 3 heterocycles. The molecule has 3 amide bonds. The highest BCUT2D eigenvalue weighted by Gasteiger charge is 2.45. The Morgan fingerprint density at radius 1 is 1.29 bits per heavy atom. The van der Waals surface area contributed by atoms with Gasteiger partial charge in [0.15, 0.2) is 0 Å². The average molecular weight is 442 g/mol. The molecule has 31 heavy (non-hydrogen) atoms. The van der Waals surface area contributed by atoms with E-state index in [0.29, 0.717) is 10.8 Å². The van der Waals surface area contributed by atoms with Crippen LogP contribution in [0, 0.1) is 18.7 Å². The van der Waals surface area contributed by atoms with Gasteiger partial charge in [-0.15, -0.1) is 0 Å². The highest BCUT2D eigenvalue weighted by Crippen LogP contribution is 2.42. The summed E-state index contributed by atoms with van der Waals surface area (Å²) >= 11 is 0. The topological polar surface area (TPSA) is 99.7 Å². The molecule has 1 aromatic carbocycles. The van der Waals surface area contributed by atoms with Gasteiger partial charge in [0.25, 0.3) is 10.0 Å². The number of halogens is 1. The molecule has 5 rings (SSSR count). The summed E-state index contributed by atoms with van der Waals surface area (Å²) in [5, 5.41) is 2.41. The summed E-state index contributed by atoms with van der Waals surface area (Å²) in [4.78, 5) is 31.0. The quantitative estimate of drug-likeness (QED) is 0.787. The second kappa shape index (κ2) is 6.88. The maximum absolute atomic E-state index is 13.6. The van der Waals surface area contributed by atoms with Gasteiger partial charge in [0.2, 0.25) is 5.91 Å². The van der Waals surface area contributed by atoms with Crippen LogP contribution in [0.3, 0.4) is 0 Å². The summed E-state index contributed by atoms with van der Waals surface area (Å²) in [6, 6.07) is 3.95. The fourth-order valence-corrected chi connectivity index (χ4v) is 5.96. The van der Waals surface area contributed by atoms with Crippen LogP contribution in [-0.2, 0) is 14.8 Å². The Morgan fingerprint density at radius 2 is 2.10 bits per heavy atom. The molecule has 1 aliphatic carbocycles. The highest BCUT2D eigenvalue weighted by atomic mass is 32.2. The second-order valence-corrected chi connectivity index (χ2v) is 9.84. The minimum absolute atomic E-state index is 0.00695. The smallest absolute Gasteiger partial charge is 0.333 e. The van der Waals surface area contributed by atoms with E-state index in [4.69, 9.17) is 0 Å². The number of sulfonamides is 1. The number of amides is 3. The third-order valence-corrected chi connectivity index (χ3v) is 7.66. The lowest BCUT2D eigenvalue weighted by Gasteiger charge is -2.33. The van der Waals surface area contributed by atoms with E-state index in [-0.39, 0.29) is 22.5 Å². The third kappa shape index (κ3) is 3.18. The van der Waals surface area contributed by atoms with E-state index < -0.39 is 34.3 Å². The Hall–Kier alpha value is -3.27. The van der Waals surface area contributed by atoms with Gasteiger partial charge in [-0.05, 0) is 60.2 Å². The molecule has 1 aromatic heterocycles. The van der Waals surface area contributed by atoms with E-state index in [0.717, 1.165) is 35.3 Å². The number of fused-ring (bicyclic) bond motifs is 3. The molecule has 2 atom stereocenters. The molecule has 1 saturated heterocycles. The Labute approximate surface area is 178 Å². The lowest BCUT2D eigenvalue weighted by atomic mass is 10.0. The average Bonchev–Trinajstić information content (AvgIpc) is 3.33. The Morgan fingerprint density at radius 3 is 2.84 bits per heavy atom. The lowest BCUT2D eigenvalue weighted by Crippen LogP contribution is -2.50. The van der Waals surface area contributed by atoms with Crippen molar-refractivity contribution in [3.8, 4) is 0 Å². The normalized spacial score (nSPS) is 23.4. The molecule has 160 valence electrons. The van der Waals surface area contributed by atoms with E-state index in [1.807, 2.05) is 13.0 Å². The Balaban J connectivity index is 1.40. The van der Waals surface area contributed by atoms with Crippen LogP contribution in [0.4, 0.5) is 14.9 Å². The Kier molecular flexibility index (Phi) is 4.37. The van der Waals surface area contributed by atoms with Gasteiger partial charge in [-0.1, -0.05) is 6.08 Å². The van der Waals surface area contributed by atoms with Gasteiger partial charge in [-0.3, -0.25) is 9.78 Å². The van der Waals surface area contributed by atoms with Crippen molar-refractivity contribution in [1.82, 2.24) is 14.2 Å². The molecular weight excluding hydrogens is 423 g/mol. The zero-order valence-corrected chi connectivity index (χ0v) is 17.4. The largest absolute Gasteiger partial charge is 0.336 e. The molecule has 0 spiro atoms. The van der Waals surface area contributed by atoms with Gasteiger partial charge < -0.3 is 10.2 Å². The first-order valence-corrected chi connectivity index (χ1v) is 11.2. The number of hydrogen-bond acceptors (Lipinski definition) is 5. The molecule has 3 aliphatic rings. The zero-order valence-electron chi connectivity index (χ0n) is 16.6. The fraction of sp³-hybridized carbons (Fsp3) is 0.286. The molecule has 0 unspecified atom stereocenters. The van der Waals surface area contributed by atoms with Crippen molar-refractivity contribution >= 4 is 33.2 Å². The number of benzene rings is 1. The summed E-state index contributed by atoms with van der Waals surface area (Å²) in [6.07, 6.45) is 6.38. The van der Waals surface area contributed by atoms with Gasteiger partial charge in [0, 0.05) is 18.9 Å². The number of aromatic nitrogens is 1. The Bertz CT molecular complexity index is 1260. The molecule has 1 N–H and O–H groups in total. The van der Waals surface area contributed by atoms with Crippen molar-refractivity contribution in [3.63, 3.8) is 0 Å². The predicted octanol–water partition coefficient (Wildman–Crippen LogP) is 2.38. The third-order valence-electron chi connectivity index (χ3n) is 5.90. The van der Waals surface area contributed by atoms with E-state index >= 15 is 0 Å². The van der Waals surface area contributed by atoms with Gasteiger partial charge in [0.1, 0.15) is 17.3 Å². The number of anilines is 1. The molecule has 0 saturated carbocycles. The first kappa shape index (κ1) is 19.7. The molecular formula is C21H19FN4O4S. The van der Waals surface area contributed by atoms with Crippen molar-refractivity contribution in [3.05, 3.63) is 59.7 Å². The van der Waals surface area contributed by atoms with E-state index in [9.17, 15) is 22.4 Å². The monoisotopic (exact) mass is 442 g/mol.